The first-order valence-electron chi connectivity index (χ1n) is 23.0. The third-order valence-corrected chi connectivity index (χ3v) is 11.3. The molecule has 19 nitrogen and oxygen atoms in total. The maximum absolute atomic E-state index is 12.6. The van der Waals surface area contributed by atoms with E-state index in [-0.39, 0.29) is 169 Å². The topological polar surface area (TPSA) is 325 Å². The van der Waals surface area contributed by atoms with Gasteiger partial charge in [-0.1, -0.05) is 100 Å². The van der Waals surface area contributed by atoms with Crippen LogP contribution in [0.5, 0.6) is 23.0 Å². The summed E-state index contributed by atoms with van der Waals surface area (Å²) in [5, 5.41) is 119. The number of carbonyl (C=O) groups is 4. The second-order valence-corrected chi connectivity index (χ2v) is 39.2. The van der Waals surface area contributed by atoms with E-state index in [4.69, 9.17) is 30.3 Å². The number of carboxylic acids is 4. The molecule has 12 N–H and O–H groups in total. The molecule has 0 spiro atoms. The number of rotatable bonds is 26. The zero-order valence-corrected chi connectivity index (χ0v) is 58.6. The van der Waals surface area contributed by atoms with Crippen LogP contribution in [-0.2, 0) is 99.9 Å². The van der Waals surface area contributed by atoms with E-state index in [1.807, 2.05) is 18.8 Å². The first kappa shape index (κ1) is 88.8. The molecule has 30 heteroatoms. The van der Waals surface area contributed by atoms with Crippen molar-refractivity contribution in [2.75, 3.05) is 44.2 Å². The molecule has 0 aliphatic heterocycles. The number of hydrogen-bond donors (Lipinski definition) is 12. The molecular formula is C51H72Cl5Fe2I4N3O16-. The summed E-state index contributed by atoms with van der Waals surface area (Å²) in [7, 11) is 14.7. The third kappa shape index (κ3) is 36.8. The Morgan fingerprint density at radius 2 is 0.914 bits per heavy atom. The monoisotopic (exact) mass is 1780 g/mol. The number of nitrogens with one attached hydrogen (secondary N) is 1. The fraction of sp³-hybridized carbons (Fsp3) is 0.451. The zero-order valence-electron chi connectivity index (χ0n) is 44.0. The summed E-state index contributed by atoms with van der Waals surface area (Å²) in [5.74, 6) is -5.18. The van der Waals surface area contributed by atoms with Crippen LogP contribution in [0.25, 0.3) is 0 Å². The minimum Gasteiger partial charge on any atom is 2.00 e. The van der Waals surface area contributed by atoms with E-state index < -0.39 is 41.6 Å². The van der Waals surface area contributed by atoms with Gasteiger partial charge in [-0.3, -0.25) is 24.2 Å². The number of aliphatic hydroxyl groups excluding tert-OH is 4. The minimum absolute atomic E-state index is 0. The first-order valence-corrected chi connectivity index (χ1v) is 42.2. The number of halogens is 9. The molecule has 4 aromatic rings. The van der Waals surface area contributed by atoms with Crippen molar-refractivity contribution in [1.82, 2.24) is 9.80 Å². The van der Waals surface area contributed by atoms with E-state index in [1.165, 1.54) is 4.90 Å². The number of aromatic hydroxyl groups is 3. The van der Waals surface area contributed by atoms with E-state index in [0.29, 0.717) is 70.1 Å². The van der Waals surface area contributed by atoms with Gasteiger partial charge in [0.15, 0.2) is 6.54 Å². The van der Waals surface area contributed by atoms with Crippen molar-refractivity contribution in [3.05, 3.63) is 115 Å². The first-order chi connectivity index (χ1) is 36.2. The summed E-state index contributed by atoms with van der Waals surface area (Å²) in [6.45, 7) is 5.68. The van der Waals surface area contributed by atoms with Crippen LogP contribution in [0.1, 0.15) is 87.0 Å². The molecule has 0 amide bonds. The van der Waals surface area contributed by atoms with Crippen LogP contribution in [0.2, 0.25) is 0 Å². The smallest absolute Gasteiger partial charge is 2.00 e. The van der Waals surface area contributed by atoms with Crippen LogP contribution in [0, 0.1) is 33.6 Å². The van der Waals surface area contributed by atoms with Crippen molar-refractivity contribution in [3.8, 4) is 23.0 Å². The number of carboxylic acid groups (broad SMARTS) is 4. The molecule has 0 saturated heterocycles. The van der Waals surface area contributed by atoms with Crippen LogP contribution < -0.4 is 48.1 Å². The molecular weight excluding hydrogens is 1710 g/mol. The van der Waals surface area contributed by atoms with Gasteiger partial charge in [-0.15, -0.1) is 0 Å². The molecule has 0 radical (unpaired) electrons. The average molecular weight is 1780 g/mol. The van der Waals surface area contributed by atoms with Gasteiger partial charge < -0.3 is 91.0 Å². The summed E-state index contributed by atoms with van der Waals surface area (Å²) in [5.41, 5.74) is 6.36. The normalized spacial score (nSPS) is 11.1. The molecule has 0 heterocycles. The van der Waals surface area contributed by atoms with Crippen LogP contribution in [0.3, 0.4) is 0 Å². The van der Waals surface area contributed by atoms with Gasteiger partial charge in [0.1, 0.15) is 23.8 Å². The van der Waals surface area contributed by atoms with E-state index in [9.17, 15) is 80.5 Å². The van der Waals surface area contributed by atoms with Crippen LogP contribution in [0.15, 0.2) is 48.5 Å². The molecule has 4 rings (SSSR count). The molecule has 0 bridgehead atoms. The molecule has 0 aliphatic carbocycles. The van der Waals surface area contributed by atoms with Gasteiger partial charge in [0.25, 0.3) is 0 Å². The SMILES string of the molecule is C.CI.Cc1cc(CO)c(O)c(CC(CC[NH+](CC(=O)O)Cc2cc(C)cc(CO)c2O)CC(=O)O)c1.Cc1cc(CO)c([O-])c(CN(CCN(CC(=O)O)Cc2cc(C)cc(CO)c2O)CC(=O)O)c1.I[I-]I.[Cl-].[Cl-].[Cl][Fe]([Cl])[Cl].[Fe+2]. The second kappa shape index (κ2) is 49.1. The second-order valence-electron chi connectivity index (χ2n) is 17.5. The predicted molar refractivity (Wildman–Crippen MR) is 317 cm³/mol. The Hall–Kier alpha value is -0.911. The van der Waals surface area contributed by atoms with Crippen molar-refractivity contribution in [3.63, 3.8) is 0 Å². The van der Waals surface area contributed by atoms with Crippen molar-refractivity contribution in [2.24, 2.45) is 5.92 Å². The molecule has 467 valence electrons. The minimum atomic E-state index is -1.33. The van der Waals surface area contributed by atoms with E-state index >= 15 is 0 Å². The Morgan fingerprint density at radius 1 is 0.593 bits per heavy atom. The van der Waals surface area contributed by atoms with Gasteiger partial charge in [0.05, 0.1) is 46.1 Å². The molecule has 81 heavy (non-hydrogen) atoms. The Balaban J connectivity index is -0.000000397. The molecule has 0 aliphatic rings. The summed E-state index contributed by atoms with van der Waals surface area (Å²) < 4.78 is 0. The van der Waals surface area contributed by atoms with Crippen molar-refractivity contribution >= 4 is 114 Å². The maximum Gasteiger partial charge on any atom is 2.00 e. The Labute approximate surface area is 557 Å². The Morgan fingerprint density at radius 3 is 1.28 bits per heavy atom. The van der Waals surface area contributed by atoms with Gasteiger partial charge in [-0.25, -0.2) is 4.79 Å². The Bertz CT molecular complexity index is 2170. The van der Waals surface area contributed by atoms with Crippen LogP contribution in [-0.4, -0.2) is 134 Å². The van der Waals surface area contributed by atoms with Crippen LogP contribution in [0.4, 0.5) is 0 Å². The number of aryl methyl sites for hydroxylation is 4. The number of benzene rings is 4. The molecule has 0 fully saturated rings. The van der Waals surface area contributed by atoms with E-state index in [1.54, 1.807) is 67.3 Å². The number of phenols is 3. The van der Waals surface area contributed by atoms with E-state index in [2.05, 4.69) is 59.8 Å². The van der Waals surface area contributed by atoms with Gasteiger partial charge in [0.2, 0.25) is 0 Å². The summed E-state index contributed by atoms with van der Waals surface area (Å²) in [6.07, 6.45) is 0.472. The number of alkyl halides is 1. The van der Waals surface area contributed by atoms with Crippen molar-refractivity contribution in [1.29, 1.82) is 0 Å². The Kier molecular flexibility index (Phi) is 53.9. The van der Waals surface area contributed by atoms with Crippen LogP contribution >= 0.6 is 90.1 Å². The number of hydrogen-bond acceptors (Lipinski definition) is 14. The third-order valence-electron chi connectivity index (χ3n) is 11.3. The molecule has 4 aromatic carbocycles. The summed E-state index contributed by atoms with van der Waals surface area (Å²) in [6, 6.07) is 13.4. The predicted octanol–water partition coefficient (Wildman–Crippen LogP) is -2.03. The average Bonchev–Trinajstić information content (AvgIpc) is 3.34. The fourth-order valence-corrected chi connectivity index (χ4v) is 8.28. The molecule has 2 unspecified atom stereocenters. The van der Waals surface area contributed by atoms with Gasteiger partial charge >= 0.3 is 133 Å². The number of aliphatic hydroxyl groups is 4. The van der Waals surface area contributed by atoms with Crippen molar-refractivity contribution < 1.29 is 152 Å². The number of aliphatic carboxylic acids is 4. The number of nitrogens with zero attached hydrogens (tertiary/aromatic N) is 2. The standard InChI is InChI=1S/C25H33NO8.C24H32N2O8.CH3I.CH4.5ClH.2Fe.I3/c1-15-5-18(24(33)20(7-15)13-27)9-17(10-22(29)30)3-4-26(12-23(31)32)11-19-6-16(2)8-21(14-28)25(19)34;1-15-5-17(23(33)19(7-15)13-27)9-25(11-21(29)30)3-4-26(12-22(31)32)10-18-6-16(2)8-20(14-28)24(18)34;1-2;;;;;;;;;1-3-2/h5-8,17,27-28,33-34H,3-4,9-14H2,1-2H3,(H,29,30)(H,31,32);5-8,27-28,33-34H,3-4,9-14H2,1-2H3,(H,29,30)(H,31,32);1H3;1H4;5*1H;;;/q;;;;;;;;;+2;+3;-1/p-5. The van der Waals surface area contributed by atoms with Gasteiger partial charge in [-0.2, -0.15) is 0 Å². The molecule has 0 aromatic heterocycles. The zero-order chi connectivity index (χ0) is 59.1. The summed E-state index contributed by atoms with van der Waals surface area (Å²) >= 11 is 6.12. The number of quaternary nitrogens is 1. The molecule has 2 atom stereocenters. The van der Waals surface area contributed by atoms with Gasteiger partial charge in [-0.05, 0) is 67.7 Å². The van der Waals surface area contributed by atoms with Crippen molar-refractivity contribution in [2.45, 2.75) is 100 Å². The van der Waals surface area contributed by atoms with E-state index in [0.717, 1.165) is 22.3 Å². The quantitative estimate of drug-likeness (QED) is 0.0183. The molecule has 0 saturated carbocycles. The largest absolute Gasteiger partial charge is 2.00 e. The maximum atomic E-state index is 12.6. The summed E-state index contributed by atoms with van der Waals surface area (Å²) in [4.78, 5) is 51.4. The van der Waals surface area contributed by atoms with Gasteiger partial charge in [0, 0.05) is 66.8 Å². The fourth-order valence-electron chi connectivity index (χ4n) is 8.28.